The summed E-state index contributed by atoms with van der Waals surface area (Å²) in [6.07, 6.45) is 1.66. The molecule has 6 nitrogen and oxygen atoms in total. The highest BCUT2D eigenvalue weighted by atomic mass is 15.3. The van der Waals surface area contributed by atoms with Crippen LogP contribution in [-0.4, -0.2) is 39.1 Å². The van der Waals surface area contributed by atoms with Crippen molar-refractivity contribution in [3.05, 3.63) is 6.33 Å². The van der Waals surface area contributed by atoms with Gasteiger partial charge in [0.05, 0.1) is 6.33 Å². The Bertz CT molecular complexity index is 518. The number of nitrogens with one attached hydrogen (secondary N) is 2. The van der Waals surface area contributed by atoms with Gasteiger partial charge in [-0.3, -0.25) is 0 Å². The maximum absolute atomic E-state index is 4.59. The molecule has 0 bridgehead atoms. The van der Waals surface area contributed by atoms with E-state index in [9.17, 15) is 0 Å². The zero-order valence-electron chi connectivity index (χ0n) is 11.4. The quantitative estimate of drug-likeness (QED) is 0.847. The fourth-order valence-corrected chi connectivity index (χ4v) is 2.02. The summed E-state index contributed by atoms with van der Waals surface area (Å²) in [5.74, 6) is 1.54. The first-order valence-corrected chi connectivity index (χ1v) is 6.39. The van der Waals surface area contributed by atoms with E-state index in [2.05, 4.69) is 50.9 Å². The van der Waals surface area contributed by atoms with E-state index in [1.165, 1.54) is 0 Å². The van der Waals surface area contributed by atoms with Gasteiger partial charge < -0.3 is 15.2 Å². The van der Waals surface area contributed by atoms with Gasteiger partial charge in [0, 0.05) is 19.1 Å². The lowest BCUT2D eigenvalue weighted by atomic mass is 10.3. The highest BCUT2D eigenvalue weighted by molar-refractivity contribution is 5.84. The molecule has 0 fully saturated rings. The molecule has 0 saturated heterocycles. The second kappa shape index (κ2) is 5.20. The van der Waals surface area contributed by atoms with Crippen molar-refractivity contribution in [2.24, 2.45) is 0 Å². The second-order valence-electron chi connectivity index (χ2n) is 4.38. The predicted molar refractivity (Wildman–Crippen MR) is 74.0 cm³/mol. The molecule has 2 heterocycles. The van der Waals surface area contributed by atoms with Crippen molar-refractivity contribution in [1.29, 1.82) is 0 Å². The minimum Gasteiger partial charge on any atom is -0.354 e. The molecule has 2 N–H and O–H groups in total. The SMILES string of the molecule is CCNc1nc(N(CC)C(C)C)c2[nH]cnc2n1. The Kier molecular flexibility index (Phi) is 3.64. The van der Waals surface area contributed by atoms with Gasteiger partial charge in [0.1, 0.15) is 5.52 Å². The zero-order valence-corrected chi connectivity index (χ0v) is 11.4. The number of anilines is 2. The van der Waals surface area contributed by atoms with Crippen LogP contribution in [0.3, 0.4) is 0 Å². The molecular formula is C12H20N6. The normalized spacial score (nSPS) is 11.2. The Balaban J connectivity index is 2.55. The van der Waals surface area contributed by atoms with E-state index >= 15 is 0 Å². The van der Waals surface area contributed by atoms with Crippen molar-refractivity contribution in [1.82, 2.24) is 19.9 Å². The largest absolute Gasteiger partial charge is 0.354 e. The molecule has 2 rings (SSSR count). The molecule has 18 heavy (non-hydrogen) atoms. The molecule has 0 unspecified atom stereocenters. The Morgan fingerprint density at radius 3 is 2.72 bits per heavy atom. The number of hydrogen-bond acceptors (Lipinski definition) is 5. The van der Waals surface area contributed by atoms with E-state index in [4.69, 9.17) is 0 Å². The number of aromatic nitrogens is 4. The van der Waals surface area contributed by atoms with E-state index in [1.54, 1.807) is 6.33 Å². The zero-order chi connectivity index (χ0) is 13.1. The van der Waals surface area contributed by atoms with E-state index in [1.807, 2.05) is 6.92 Å². The minimum atomic E-state index is 0.380. The topological polar surface area (TPSA) is 69.7 Å². The lowest BCUT2D eigenvalue weighted by Gasteiger charge is -2.26. The average molecular weight is 248 g/mol. The van der Waals surface area contributed by atoms with Crippen molar-refractivity contribution in [3.63, 3.8) is 0 Å². The highest BCUT2D eigenvalue weighted by Crippen LogP contribution is 2.24. The van der Waals surface area contributed by atoms with Crippen LogP contribution in [0.5, 0.6) is 0 Å². The van der Waals surface area contributed by atoms with Crippen LogP contribution in [0.2, 0.25) is 0 Å². The second-order valence-corrected chi connectivity index (χ2v) is 4.38. The molecule has 0 aliphatic carbocycles. The number of rotatable bonds is 5. The number of aromatic amines is 1. The molecule has 2 aromatic rings. The maximum Gasteiger partial charge on any atom is 0.226 e. The Morgan fingerprint density at radius 2 is 2.11 bits per heavy atom. The third-order valence-corrected chi connectivity index (χ3v) is 2.84. The van der Waals surface area contributed by atoms with Crippen molar-refractivity contribution >= 4 is 22.9 Å². The lowest BCUT2D eigenvalue weighted by molar-refractivity contribution is 0.695. The van der Waals surface area contributed by atoms with Gasteiger partial charge in [-0.15, -0.1) is 0 Å². The number of nitrogens with zero attached hydrogens (tertiary/aromatic N) is 4. The van der Waals surface area contributed by atoms with Gasteiger partial charge in [-0.25, -0.2) is 4.98 Å². The van der Waals surface area contributed by atoms with Gasteiger partial charge >= 0.3 is 0 Å². The van der Waals surface area contributed by atoms with Crippen LogP contribution in [-0.2, 0) is 0 Å². The first kappa shape index (κ1) is 12.6. The number of fused-ring (bicyclic) bond motifs is 1. The Labute approximate surface area is 107 Å². The van der Waals surface area contributed by atoms with Crippen molar-refractivity contribution < 1.29 is 0 Å². The summed E-state index contributed by atoms with van der Waals surface area (Å²) in [5.41, 5.74) is 1.60. The van der Waals surface area contributed by atoms with E-state index in [0.717, 1.165) is 24.4 Å². The van der Waals surface area contributed by atoms with Crippen molar-refractivity contribution in [2.45, 2.75) is 33.7 Å². The van der Waals surface area contributed by atoms with Gasteiger partial charge in [0.25, 0.3) is 0 Å². The van der Waals surface area contributed by atoms with Crippen LogP contribution in [0.15, 0.2) is 6.33 Å². The van der Waals surface area contributed by atoms with E-state index in [-0.39, 0.29) is 0 Å². The van der Waals surface area contributed by atoms with Gasteiger partial charge in [-0.05, 0) is 27.7 Å². The summed E-state index contributed by atoms with van der Waals surface area (Å²) < 4.78 is 0. The summed E-state index contributed by atoms with van der Waals surface area (Å²) in [7, 11) is 0. The molecule has 0 atom stereocenters. The molecular weight excluding hydrogens is 228 g/mol. The first-order valence-electron chi connectivity index (χ1n) is 6.39. The molecule has 0 amide bonds. The molecule has 0 radical (unpaired) electrons. The Hall–Kier alpha value is -1.85. The summed E-state index contributed by atoms with van der Waals surface area (Å²) in [5, 5.41) is 3.14. The highest BCUT2D eigenvalue weighted by Gasteiger charge is 2.17. The number of H-pyrrole nitrogens is 1. The van der Waals surface area contributed by atoms with Crippen LogP contribution in [0.25, 0.3) is 11.2 Å². The van der Waals surface area contributed by atoms with Gasteiger partial charge in [-0.2, -0.15) is 9.97 Å². The summed E-state index contributed by atoms with van der Waals surface area (Å²) in [4.78, 5) is 18.5. The van der Waals surface area contributed by atoms with E-state index in [0.29, 0.717) is 17.6 Å². The standard InChI is InChI=1S/C12H20N6/c1-5-13-12-16-10-9(14-7-15-10)11(17-12)18(6-2)8(3)4/h7-8H,5-6H2,1-4H3,(H2,13,14,15,16,17). The third-order valence-electron chi connectivity index (χ3n) is 2.84. The first-order chi connectivity index (χ1) is 8.67. The molecule has 0 aliphatic rings. The van der Waals surface area contributed by atoms with Crippen LogP contribution in [0.4, 0.5) is 11.8 Å². The number of imidazole rings is 1. The molecule has 0 saturated carbocycles. The summed E-state index contributed by atoms with van der Waals surface area (Å²) in [6, 6.07) is 0.380. The van der Waals surface area contributed by atoms with Gasteiger partial charge in [0.15, 0.2) is 11.5 Å². The Morgan fingerprint density at radius 1 is 1.33 bits per heavy atom. The fraction of sp³-hybridized carbons (Fsp3) is 0.583. The van der Waals surface area contributed by atoms with Gasteiger partial charge in [-0.1, -0.05) is 0 Å². The molecule has 0 aliphatic heterocycles. The van der Waals surface area contributed by atoms with Crippen LogP contribution < -0.4 is 10.2 Å². The van der Waals surface area contributed by atoms with Crippen molar-refractivity contribution in [3.8, 4) is 0 Å². The molecule has 2 aromatic heterocycles. The molecule has 98 valence electrons. The molecule has 6 heteroatoms. The van der Waals surface area contributed by atoms with E-state index < -0.39 is 0 Å². The third kappa shape index (κ3) is 2.23. The monoisotopic (exact) mass is 248 g/mol. The summed E-state index contributed by atoms with van der Waals surface area (Å²) >= 11 is 0. The molecule has 0 aromatic carbocycles. The smallest absolute Gasteiger partial charge is 0.226 e. The van der Waals surface area contributed by atoms with Crippen LogP contribution in [0, 0.1) is 0 Å². The van der Waals surface area contributed by atoms with Crippen LogP contribution in [0.1, 0.15) is 27.7 Å². The predicted octanol–water partition coefficient (Wildman–Crippen LogP) is 2.02. The van der Waals surface area contributed by atoms with Crippen molar-refractivity contribution in [2.75, 3.05) is 23.3 Å². The fourth-order valence-electron chi connectivity index (χ4n) is 2.02. The molecule has 0 spiro atoms. The summed E-state index contributed by atoms with van der Waals surface area (Å²) in [6.45, 7) is 10.1. The maximum atomic E-state index is 4.59. The lowest BCUT2D eigenvalue weighted by Crippen LogP contribution is -2.31. The average Bonchev–Trinajstić information content (AvgIpc) is 2.78. The minimum absolute atomic E-state index is 0.380. The van der Waals surface area contributed by atoms with Crippen LogP contribution >= 0.6 is 0 Å². The number of hydrogen-bond donors (Lipinski definition) is 2. The van der Waals surface area contributed by atoms with Gasteiger partial charge in [0.2, 0.25) is 5.95 Å².